The van der Waals surface area contributed by atoms with Crippen molar-refractivity contribution in [2.75, 3.05) is 19.7 Å². The first-order chi connectivity index (χ1) is 15.0. The van der Waals surface area contributed by atoms with E-state index in [1.54, 1.807) is 24.3 Å². The van der Waals surface area contributed by atoms with Crippen molar-refractivity contribution in [3.8, 4) is 5.75 Å². The van der Waals surface area contributed by atoms with E-state index in [9.17, 15) is 19.7 Å². The van der Waals surface area contributed by atoms with E-state index in [1.165, 1.54) is 16.9 Å². The first-order valence-corrected chi connectivity index (χ1v) is 9.26. The van der Waals surface area contributed by atoms with E-state index < -0.39 is 10.8 Å². The highest BCUT2D eigenvalue weighted by Gasteiger charge is 2.18. The zero-order valence-corrected chi connectivity index (χ0v) is 16.5. The van der Waals surface area contributed by atoms with Crippen LogP contribution in [-0.2, 0) is 6.54 Å². The molecule has 3 rings (SSSR count). The highest BCUT2D eigenvalue weighted by molar-refractivity contribution is 5.97. The standard InChI is InChI=1S/C18H19N7O6/c1-2-30-13-6-4-3-5-12(13)16(26)19-8-9-20-17(27)18-21-14(23-31-18)11-24-10-7-15(22-24)25(28)29/h3-7,10H,2,8-9,11H2,1H3,(H,19,26)(H,20,27). The van der Waals surface area contributed by atoms with E-state index in [1.807, 2.05) is 6.92 Å². The molecule has 0 spiro atoms. The van der Waals surface area contributed by atoms with Gasteiger partial charge in [0.2, 0.25) is 0 Å². The quantitative estimate of drug-likeness (QED) is 0.269. The molecule has 0 atom stereocenters. The molecule has 2 N–H and O–H groups in total. The van der Waals surface area contributed by atoms with Gasteiger partial charge >= 0.3 is 17.6 Å². The van der Waals surface area contributed by atoms with Gasteiger partial charge in [-0.25, -0.2) is 0 Å². The van der Waals surface area contributed by atoms with Crippen molar-refractivity contribution in [1.29, 1.82) is 0 Å². The number of hydrogen-bond acceptors (Lipinski definition) is 9. The van der Waals surface area contributed by atoms with Gasteiger partial charge in [-0.3, -0.25) is 9.59 Å². The Morgan fingerprint density at radius 2 is 1.94 bits per heavy atom. The van der Waals surface area contributed by atoms with Gasteiger partial charge in [0.25, 0.3) is 5.91 Å². The van der Waals surface area contributed by atoms with Gasteiger partial charge in [0.05, 0.1) is 29.5 Å². The van der Waals surface area contributed by atoms with Crippen LogP contribution in [0.5, 0.6) is 5.75 Å². The van der Waals surface area contributed by atoms with Gasteiger partial charge in [0, 0.05) is 13.1 Å². The summed E-state index contributed by atoms with van der Waals surface area (Å²) in [4.78, 5) is 38.3. The van der Waals surface area contributed by atoms with Crippen molar-refractivity contribution in [3.05, 3.63) is 63.9 Å². The van der Waals surface area contributed by atoms with Gasteiger partial charge in [0.1, 0.15) is 12.3 Å². The first kappa shape index (κ1) is 21.4. The van der Waals surface area contributed by atoms with Crippen molar-refractivity contribution in [2.45, 2.75) is 13.5 Å². The summed E-state index contributed by atoms with van der Waals surface area (Å²) in [5, 5.41) is 23.3. The lowest BCUT2D eigenvalue weighted by Gasteiger charge is -2.10. The Morgan fingerprint density at radius 3 is 2.65 bits per heavy atom. The molecule has 0 aliphatic carbocycles. The lowest BCUT2D eigenvalue weighted by molar-refractivity contribution is -0.389. The van der Waals surface area contributed by atoms with Crippen LogP contribution in [-0.4, -0.2) is 56.4 Å². The maximum atomic E-state index is 12.3. The molecule has 0 unspecified atom stereocenters. The normalized spacial score (nSPS) is 10.5. The number of para-hydroxylation sites is 1. The van der Waals surface area contributed by atoms with Gasteiger partial charge in [0.15, 0.2) is 5.82 Å². The number of rotatable bonds is 10. The lowest BCUT2D eigenvalue weighted by atomic mass is 10.2. The second-order valence-corrected chi connectivity index (χ2v) is 6.09. The molecule has 0 saturated carbocycles. The largest absolute Gasteiger partial charge is 0.493 e. The molecule has 162 valence electrons. The molecule has 2 aromatic heterocycles. The molecule has 13 heteroatoms. The van der Waals surface area contributed by atoms with E-state index in [4.69, 9.17) is 9.26 Å². The first-order valence-electron chi connectivity index (χ1n) is 9.26. The molecule has 0 aliphatic heterocycles. The molecule has 2 amide bonds. The fraction of sp³-hybridized carbons (Fsp3) is 0.278. The van der Waals surface area contributed by atoms with Crippen molar-refractivity contribution in [3.63, 3.8) is 0 Å². The molecule has 0 bridgehead atoms. The predicted octanol–water partition coefficient (Wildman–Crippen LogP) is 0.781. The zero-order valence-electron chi connectivity index (χ0n) is 16.5. The second-order valence-electron chi connectivity index (χ2n) is 6.09. The predicted molar refractivity (Wildman–Crippen MR) is 105 cm³/mol. The van der Waals surface area contributed by atoms with Crippen LogP contribution in [0.1, 0.15) is 33.8 Å². The summed E-state index contributed by atoms with van der Waals surface area (Å²) in [6.07, 6.45) is 1.39. The number of carbonyl (C=O) groups is 2. The highest BCUT2D eigenvalue weighted by atomic mass is 16.6. The number of nitro groups is 1. The third kappa shape index (κ3) is 5.62. The molecule has 0 radical (unpaired) electrons. The summed E-state index contributed by atoms with van der Waals surface area (Å²) >= 11 is 0. The molecular weight excluding hydrogens is 410 g/mol. The molecule has 0 aliphatic rings. The van der Waals surface area contributed by atoms with E-state index in [0.29, 0.717) is 17.9 Å². The molecule has 1 aromatic carbocycles. The minimum absolute atomic E-state index is 0.0000820. The maximum Gasteiger partial charge on any atom is 0.389 e. The maximum absolute atomic E-state index is 12.3. The summed E-state index contributed by atoms with van der Waals surface area (Å²) in [6, 6.07) is 8.08. The third-order valence-electron chi connectivity index (χ3n) is 3.91. The Hall–Kier alpha value is -4.29. The van der Waals surface area contributed by atoms with Crippen LogP contribution in [0.3, 0.4) is 0 Å². The van der Waals surface area contributed by atoms with Crippen molar-refractivity contribution in [1.82, 2.24) is 30.6 Å². The number of ether oxygens (including phenoxy) is 1. The van der Waals surface area contributed by atoms with Gasteiger partial charge in [-0.2, -0.15) is 9.67 Å². The van der Waals surface area contributed by atoms with Crippen LogP contribution in [0.2, 0.25) is 0 Å². The summed E-state index contributed by atoms with van der Waals surface area (Å²) in [6.45, 7) is 2.56. The van der Waals surface area contributed by atoms with Crippen LogP contribution < -0.4 is 15.4 Å². The lowest BCUT2D eigenvalue weighted by Crippen LogP contribution is -2.35. The Morgan fingerprint density at radius 1 is 1.19 bits per heavy atom. The van der Waals surface area contributed by atoms with Gasteiger partial charge < -0.3 is 30.0 Å². The van der Waals surface area contributed by atoms with Crippen LogP contribution in [0, 0.1) is 10.1 Å². The zero-order chi connectivity index (χ0) is 22.2. The second kappa shape index (κ2) is 9.96. The van der Waals surface area contributed by atoms with Crippen LogP contribution in [0.25, 0.3) is 0 Å². The third-order valence-corrected chi connectivity index (χ3v) is 3.91. The average molecular weight is 429 g/mol. The Balaban J connectivity index is 1.46. The average Bonchev–Trinajstić information content (AvgIpc) is 3.42. The van der Waals surface area contributed by atoms with E-state index in [0.717, 1.165) is 0 Å². The number of nitrogens with zero attached hydrogens (tertiary/aromatic N) is 5. The Labute approximate surface area is 175 Å². The molecule has 13 nitrogen and oxygen atoms in total. The summed E-state index contributed by atoms with van der Waals surface area (Å²) < 4.78 is 11.6. The Kier molecular flexibility index (Phi) is 6.88. The van der Waals surface area contributed by atoms with Gasteiger partial charge in [-0.05, 0) is 24.0 Å². The number of carbonyl (C=O) groups excluding carboxylic acids is 2. The molecule has 0 saturated heterocycles. The van der Waals surface area contributed by atoms with Crippen LogP contribution >= 0.6 is 0 Å². The fourth-order valence-electron chi connectivity index (χ4n) is 2.55. The van der Waals surface area contributed by atoms with Crippen LogP contribution in [0.15, 0.2) is 41.1 Å². The number of nitrogens with one attached hydrogen (secondary N) is 2. The van der Waals surface area contributed by atoms with Crippen molar-refractivity contribution in [2.24, 2.45) is 0 Å². The van der Waals surface area contributed by atoms with Gasteiger partial charge in [-0.1, -0.05) is 17.3 Å². The molecule has 3 aromatic rings. The van der Waals surface area contributed by atoms with Crippen LogP contribution in [0.4, 0.5) is 5.82 Å². The minimum atomic E-state index is -0.625. The smallest absolute Gasteiger partial charge is 0.389 e. The molecule has 2 heterocycles. The van der Waals surface area contributed by atoms with E-state index in [-0.39, 0.29) is 43.1 Å². The van der Waals surface area contributed by atoms with Crippen molar-refractivity contribution < 1.29 is 23.8 Å². The van der Waals surface area contributed by atoms with Gasteiger partial charge in [-0.15, -0.1) is 0 Å². The van der Waals surface area contributed by atoms with E-state index in [2.05, 4.69) is 25.9 Å². The number of benzene rings is 1. The number of aromatic nitrogens is 4. The summed E-state index contributed by atoms with van der Waals surface area (Å²) in [7, 11) is 0. The minimum Gasteiger partial charge on any atom is -0.493 e. The summed E-state index contributed by atoms with van der Waals surface area (Å²) in [5.41, 5.74) is 0.399. The molecule has 0 fully saturated rings. The number of hydrogen-bond donors (Lipinski definition) is 2. The molecule has 31 heavy (non-hydrogen) atoms. The number of amides is 2. The highest BCUT2D eigenvalue weighted by Crippen LogP contribution is 2.17. The Bertz CT molecular complexity index is 1080. The van der Waals surface area contributed by atoms with Crippen molar-refractivity contribution >= 4 is 17.6 Å². The SMILES string of the molecule is CCOc1ccccc1C(=O)NCCNC(=O)c1nc(Cn2ccc([N+](=O)[O-])n2)no1. The fourth-order valence-corrected chi connectivity index (χ4v) is 2.55. The monoisotopic (exact) mass is 429 g/mol. The topological polar surface area (TPSA) is 167 Å². The molecular formula is C18H19N7O6. The summed E-state index contributed by atoms with van der Waals surface area (Å²) in [5.74, 6) is -0.922. The van der Waals surface area contributed by atoms with E-state index >= 15 is 0 Å².